The van der Waals surface area contributed by atoms with Gasteiger partial charge in [0, 0.05) is 0 Å². The van der Waals surface area contributed by atoms with E-state index in [2.05, 4.69) is 15.9 Å². The van der Waals surface area contributed by atoms with Crippen molar-refractivity contribution < 1.29 is 14.6 Å². The minimum Gasteiger partial charge on any atom is -0.504 e. The number of alkyl halides is 1. The molecule has 0 heterocycles. The molecule has 0 aliphatic carbocycles. The molecule has 1 rings (SSSR count). The van der Waals surface area contributed by atoms with Crippen LogP contribution in [0.1, 0.15) is 24.2 Å². The number of hydrogen-bond acceptors (Lipinski definition) is 3. The molecule has 0 bridgehead atoms. The molecule has 0 radical (unpaired) electrons. The summed E-state index contributed by atoms with van der Waals surface area (Å²) in [7, 11) is 0. The third-order valence-electron chi connectivity index (χ3n) is 1.91. The van der Waals surface area contributed by atoms with Crippen LogP contribution in [0.15, 0.2) is 18.2 Å². The highest BCUT2D eigenvalue weighted by Crippen LogP contribution is 2.31. The minimum absolute atomic E-state index is 0.00384. The number of ether oxygens (including phenoxy) is 1. The second-order valence-corrected chi connectivity index (χ2v) is 4.44. The maximum absolute atomic E-state index is 11.8. The second kappa shape index (κ2) is 5.16. The van der Waals surface area contributed by atoms with Crippen molar-refractivity contribution in [1.29, 1.82) is 0 Å². The molecule has 1 unspecified atom stereocenters. The number of rotatable bonds is 4. The number of aromatic hydroxyl groups is 1. The minimum atomic E-state index is -0.293. The Bertz CT molecular complexity index is 361. The average Bonchev–Trinajstić information content (AvgIpc) is 2.20. The molecule has 82 valence electrons. The van der Waals surface area contributed by atoms with Gasteiger partial charge in [-0.05, 0) is 26.0 Å². The van der Waals surface area contributed by atoms with Gasteiger partial charge in [0.05, 0.1) is 17.0 Å². The lowest BCUT2D eigenvalue weighted by Gasteiger charge is -2.11. The van der Waals surface area contributed by atoms with Crippen LogP contribution in [0.25, 0.3) is 0 Å². The lowest BCUT2D eigenvalue weighted by atomic mass is 10.1. The fourth-order valence-electron chi connectivity index (χ4n) is 1.23. The second-order valence-electron chi connectivity index (χ2n) is 3.07. The zero-order valence-electron chi connectivity index (χ0n) is 8.66. The molecule has 0 saturated carbocycles. The van der Waals surface area contributed by atoms with Gasteiger partial charge in [-0.25, -0.2) is 0 Å². The van der Waals surface area contributed by atoms with Crippen LogP contribution in [0.4, 0.5) is 0 Å². The van der Waals surface area contributed by atoms with Crippen molar-refractivity contribution in [3.8, 4) is 11.5 Å². The number of carbonyl (C=O) groups excluding carboxylic acids is 1. The van der Waals surface area contributed by atoms with Gasteiger partial charge in [0.25, 0.3) is 0 Å². The predicted octanol–water partition coefficient (Wildman–Crippen LogP) is 2.76. The Morgan fingerprint density at radius 1 is 1.60 bits per heavy atom. The molecular weight excluding hydrogens is 260 g/mol. The molecule has 1 aromatic rings. The van der Waals surface area contributed by atoms with E-state index in [0.29, 0.717) is 12.2 Å². The van der Waals surface area contributed by atoms with Crippen LogP contribution >= 0.6 is 15.9 Å². The normalized spacial score (nSPS) is 12.2. The van der Waals surface area contributed by atoms with Crippen molar-refractivity contribution in [2.75, 3.05) is 6.61 Å². The van der Waals surface area contributed by atoms with Gasteiger partial charge in [-0.3, -0.25) is 4.79 Å². The quantitative estimate of drug-likeness (QED) is 0.677. The van der Waals surface area contributed by atoms with Gasteiger partial charge in [0.1, 0.15) is 0 Å². The van der Waals surface area contributed by atoms with E-state index < -0.39 is 0 Å². The fourth-order valence-corrected chi connectivity index (χ4v) is 1.48. The molecule has 0 fully saturated rings. The summed E-state index contributed by atoms with van der Waals surface area (Å²) in [6.07, 6.45) is 0. The van der Waals surface area contributed by atoms with Crippen LogP contribution in [-0.2, 0) is 0 Å². The van der Waals surface area contributed by atoms with E-state index in [9.17, 15) is 9.90 Å². The summed E-state index contributed by atoms with van der Waals surface area (Å²) < 4.78 is 5.25. The van der Waals surface area contributed by atoms with Crippen molar-refractivity contribution in [1.82, 2.24) is 0 Å². The Morgan fingerprint density at radius 2 is 2.27 bits per heavy atom. The molecule has 0 saturated heterocycles. The highest BCUT2D eigenvalue weighted by molar-refractivity contribution is 9.10. The van der Waals surface area contributed by atoms with Crippen molar-refractivity contribution in [3.63, 3.8) is 0 Å². The Hall–Kier alpha value is -1.03. The molecule has 1 N–H and O–H groups in total. The van der Waals surface area contributed by atoms with Gasteiger partial charge >= 0.3 is 0 Å². The number of ketones is 1. The largest absolute Gasteiger partial charge is 0.504 e. The molecule has 15 heavy (non-hydrogen) atoms. The first-order valence-electron chi connectivity index (χ1n) is 4.71. The third-order valence-corrected chi connectivity index (χ3v) is 2.33. The molecule has 0 amide bonds. The molecule has 4 heteroatoms. The number of benzene rings is 1. The van der Waals surface area contributed by atoms with Crippen LogP contribution in [0.2, 0.25) is 0 Å². The van der Waals surface area contributed by atoms with Crippen molar-refractivity contribution >= 4 is 21.7 Å². The zero-order valence-corrected chi connectivity index (χ0v) is 10.2. The molecule has 3 nitrogen and oxygen atoms in total. The van der Waals surface area contributed by atoms with Crippen LogP contribution in [-0.4, -0.2) is 22.3 Å². The monoisotopic (exact) mass is 272 g/mol. The maximum atomic E-state index is 11.8. The van der Waals surface area contributed by atoms with Crippen LogP contribution in [0, 0.1) is 0 Å². The molecule has 1 atom stereocenters. The smallest absolute Gasteiger partial charge is 0.180 e. The average molecular weight is 273 g/mol. The first-order valence-corrected chi connectivity index (χ1v) is 5.62. The van der Waals surface area contributed by atoms with Gasteiger partial charge < -0.3 is 9.84 Å². The maximum Gasteiger partial charge on any atom is 0.180 e. The van der Waals surface area contributed by atoms with Crippen molar-refractivity contribution in [2.24, 2.45) is 0 Å². The standard InChI is InChI=1S/C11H13BrO3/c1-3-15-11-8(10(14)7(2)12)5-4-6-9(11)13/h4-7,13H,3H2,1-2H3. The summed E-state index contributed by atoms with van der Waals surface area (Å²) in [4.78, 5) is 11.5. The van der Waals surface area contributed by atoms with Crippen LogP contribution < -0.4 is 4.74 Å². The Balaban J connectivity index is 3.16. The predicted molar refractivity (Wildman–Crippen MR) is 62.0 cm³/mol. The lowest BCUT2D eigenvalue weighted by molar-refractivity contribution is 0.0991. The number of halogens is 1. The number of carbonyl (C=O) groups is 1. The van der Waals surface area contributed by atoms with Crippen molar-refractivity contribution in [3.05, 3.63) is 23.8 Å². The topological polar surface area (TPSA) is 46.5 Å². The SMILES string of the molecule is CCOc1c(O)cccc1C(=O)C(C)Br. The Labute approximate surface area is 97.2 Å². The molecule has 0 spiro atoms. The number of phenolic OH excluding ortho intramolecular Hbond substituents is 1. The Kier molecular flexibility index (Phi) is 4.15. The summed E-state index contributed by atoms with van der Waals surface area (Å²) in [6.45, 7) is 3.95. The lowest BCUT2D eigenvalue weighted by Crippen LogP contribution is -2.12. The van der Waals surface area contributed by atoms with Gasteiger partial charge in [-0.15, -0.1) is 0 Å². The summed E-state index contributed by atoms with van der Waals surface area (Å²) >= 11 is 3.20. The number of hydrogen-bond donors (Lipinski definition) is 1. The molecule has 0 aliphatic rings. The van der Waals surface area contributed by atoms with Gasteiger partial charge in [0.15, 0.2) is 17.3 Å². The summed E-state index contributed by atoms with van der Waals surface area (Å²) in [5.41, 5.74) is 0.404. The van der Waals surface area contributed by atoms with E-state index in [1.165, 1.54) is 6.07 Å². The first kappa shape index (κ1) is 12.0. The fraction of sp³-hybridized carbons (Fsp3) is 0.364. The van der Waals surface area contributed by atoms with E-state index in [0.717, 1.165) is 0 Å². The van der Waals surface area contributed by atoms with E-state index in [-0.39, 0.29) is 22.1 Å². The van der Waals surface area contributed by atoms with Gasteiger partial charge in [-0.2, -0.15) is 0 Å². The summed E-state index contributed by atoms with van der Waals surface area (Å²) in [5, 5.41) is 9.56. The first-order chi connectivity index (χ1) is 7.07. The molecular formula is C11H13BrO3. The molecule has 1 aromatic carbocycles. The number of Topliss-reactive ketones (excluding diaryl/α,β-unsaturated/α-hetero) is 1. The number of para-hydroxylation sites is 1. The highest BCUT2D eigenvalue weighted by atomic mass is 79.9. The van der Waals surface area contributed by atoms with E-state index in [1.807, 2.05) is 0 Å². The van der Waals surface area contributed by atoms with Crippen molar-refractivity contribution in [2.45, 2.75) is 18.7 Å². The number of phenols is 1. The van der Waals surface area contributed by atoms with Crippen LogP contribution in [0.5, 0.6) is 11.5 Å². The third kappa shape index (κ3) is 2.72. The summed E-state index contributed by atoms with van der Waals surface area (Å²) in [5.74, 6) is 0.154. The molecule has 0 aromatic heterocycles. The van der Waals surface area contributed by atoms with E-state index >= 15 is 0 Å². The zero-order chi connectivity index (χ0) is 11.4. The van der Waals surface area contributed by atoms with Gasteiger partial charge in [-0.1, -0.05) is 22.0 Å². The molecule has 0 aliphatic heterocycles. The highest BCUT2D eigenvalue weighted by Gasteiger charge is 2.19. The van der Waals surface area contributed by atoms with E-state index in [4.69, 9.17) is 4.74 Å². The Morgan fingerprint density at radius 3 is 2.80 bits per heavy atom. The van der Waals surface area contributed by atoms with Crippen LogP contribution in [0.3, 0.4) is 0 Å². The van der Waals surface area contributed by atoms with E-state index in [1.54, 1.807) is 26.0 Å². The van der Waals surface area contributed by atoms with Gasteiger partial charge in [0.2, 0.25) is 0 Å². The summed E-state index contributed by atoms with van der Waals surface area (Å²) in [6, 6.07) is 4.77.